The van der Waals surface area contributed by atoms with Crippen molar-refractivity contribution >= 4 is 24.0 Å². The van der Waals surface area contributed by atoms with E-state index in [-0.39, 0.29) is 6.04 Å². The lowest BCUT2D eigenvalue weighted by atomic mass is 10.1. The molecule has 0 aromatic heterocycles. The van der Waals surface area contributed by atoms with Crippen molar-refractivity contribution in [1.82, 2.24) is 9.21 Å². The van der Waals surface area contributed by atoms with Gasteiger partial charge in [0.15, 0.2) is 0 Å². The van der Waals surface area contributed by atoms with E-state index < -0.39 is 0 Å². The van der Waals surface area contributed by atoms with Crippen LogP contribution in [-0.2, 0) is 11.4 Å². The number of allylic oxidation sites excluding steroid dienone is 1. The van der Waals surface area contributed by atoms with Crippen molar-refractivity contribution < 1.29 is 4.84 Å². The lowest BCUT2D eigenvalue weighted by molar-refractivity contribution is 0.220. The van der Waals surface area contributed by atoms with Crippen LogP contribution >= 0.6 is 11.9 Å². The van der Waals surface area contributed by atoms with Gasteiger partial charge in [0.1, 0.15) is 5.84 Å². The topological polar surface area (TPSA) is 66.5 Å². The lowest BCUT2D eigenvalue weighted by Gasteiger charge is -2.38. The van der Waals surface area contributed by atoms with Crippen molar-refractivity contribution in [3.8, 4) is 0 Å². The maximum atomic E-state index is 5.90. The van der Waals surface area contributed by atoms with Crippen LogP contribution in [0.4, 0.5) is 0 Å². The van der Waals surface area contributed by atoms with Crippen LogP contribution in [0, 0.1) is 0 Å². The summed E-state index contributed by atoms with van der Waals surface area (Å²) in [4.78, 5) is 13.9. The van der Waals surface area contributed by atoms with E-state index >= 15 is 0 Å². The molecule has 1 aliphatic rings. The second-order valence-electron chi connectivity index (χ2n) is 7.91. The van der Waals surface area contributed by atoms with E-state index in [1.165, 1.54) is 10.5 Å². The van der Waals surface area contributed by atoms with Crippen molar-refractivity contribution in [3.63, 3.8) is 0 Å². The fourth-order valence-corrected chi connectivity index (χ4v) is 4.77. The Morgan fingerprint density at radius 2 is 1.85 bits per heavy atom. The molecule has 0 amide bonds. The second-order valence-corrected chi connectivity index (χ2v) is 9.04. The molecule has 0 saturated carbocycles. The summed E-state index contributed by atoms with van der Waals surface area (Å²) in [6, 6.07) is 20.8. The Bertz CT molecular complexity index is 991. The number of aliphatic imine (C=N–C) groups is 1. The Morgan fingerprint density at radius 1 is 1.15 bits per heavy atom. The monoisotopic (exact) mass is 477 g/mol. The third-order valence-corrected chi connectivity index (χ3v) is 6.46. The summed E-state index contributed by atoms with van der Waals surface area (Å²) in [5.74, 6) is 1.36. The van der Waals surface area contributed by atoms with Gasteiger partial charge in [-0.05, 0) is 55.5 Å². The van der Waals surface area contributed by atoms with Crippen LogP contribution in [0.25, 0.3) is 0 Å². The zero-order valence-electron chi connectivity index (χ0n) is 20.1. The molecule has 0 aliphatic carbocycles. The van der Waals surface area contributed by atoms with E-state index in [1.807, 2.05) is 25.1 Å². The average Bonchev–Trinajstić information content (AvgIpc) is 2.86. The molecule has 1 atom stereocenters. The number of nitrogens with two attached hydrogens (primary N) is 1. The summed E-state index contributed by atoms with van der Waals surface area (Å²) in [5.41, 5.74) is 7.92. The minimum atomic E-state index is 0.0275. The molecule has 1 aliphatic heterocycles. The number of oxime groups is 1. The molecule has 0 fully saturated rings. The van der Waals surface area contributed by atoms with Gasteiger partial charge in [-0.3, -0.25) is 0 Å². The first-order valence-corrected chi connectivity index (χ1v) is 12.6. The highest BCUT2D eigenvalue weighted by atomic mass is 32.2. The molecule has 34 heavy (non-hydrogen) atoms. The van der Waals surface area contributed by atoms with Crippen LogP contribution in [0.15, 0.2) is 99.9 Å². The Morgan fingerprint density at radius 3 is 2.50 bits per heavy atom. The van der Waals surface area contributed by atoms with Gasteiger partial charge >= 0.3 is 0 Å². The van der Waals surface area contributed by atoms with Crippen LogP contribution < -0.4 is 5.73 Å². The standard InChI is InChI=1S/C27H35N5OS/c1-4-18-29-33-26-20-22(3)31(21-23-13-8-6-9-14-23)27(30-26)25(5-2)32(19-12-17-28)34-24-15-10-7-11-16-24/h6-11,13-16,18,20,25H,3-5,12,17,19,21,28H2,1-2H3/b29-18-. The number of nitrogens with zero attached hydrogens (tertiary/aromatic N) is 4. The molecule has 7 heteroatoms. The molecule has 2 aromatic rings. The summed E-state index contributed by atoms with van der Waals surface area (Å²) in [7, 11) is 0. The Hall–Kier alpha value is -2.87. The highest BCUT2D eigenvalue weighted by Crippen LogP contribution is 2.31. The minimum absolute atomic E-state index is 0.0275. The number of hydrogen-bond acceptors (Lipinski definition) is 7. The van der Waals surface area contributed by atoms with Crippen molar-refractivity contribution in [3.05, 3.63) is 90.5 Å². The molecule has 0 saturated heterocycles. The van der Waals surface area contributed by atoms with Crippen LogP contribution in [0.1, 0.15) is 38.7 Å². The van der Waals surface area contributed by atoms with Crippen LogP contribution in [0.2, 0.25) is 0 Å². The normalized spacial score (nSPS) is 14.9. The lowest BCUT2D eigenvalue weighted by Crippen LogP contribution is -2.46. The zero-order chi connectivity index (χ0) is 24.2. The molecule has 2 aromatic carbocycles. The maximum Gasteiger partial charge on any atom is 0.252 e. The summed E-state index contributed by atoms with van der Waals surface area (Å²) in [6.45, 7) is 10.7. The van der Waals surface area contributed by atoms with Gasteiger partial charge < -0.3 is 15.5 Å². The highest BCUT2D eigenvalue weighted by molar-refractivity contribution is 7.97. The summed E-state index contributed by atoms with van der Waals surface area (Å²) >= 11 is 1.74. The molecule has 0 radical (unpaired) electrons. The molecule has 2 N–H and O–H groups in total. The molecule has 3 rings (SSSR count). The fraction of sp³-hybridized carbons (Fsp3) is 0.333. The smallest absolute Gasteiger partial charge is 0.252 e. The van der Waals surface area contributed by atoms with E-state index in [4.69, 9.17) is 15.6 Å². The molecule has 1 unspecified atom stereocenters. The van der Waals surface area contributed by atoms with Gasteiger partial charge in [-0.25, -0.2) is 4.31 Å². The minimum Gasteiger partial charge on any atom is -0.337 e. The van der Waals surface area contributed by atoms with Gasteiger partial charge in [0, 0.05) is 36.0 Å². The first-order valence-electron chi connectivity index (χ1n) is 11.9. The van der Waals surface area contributed by atoms with Gasteiger partial charge in [0.25, 0.3) is 5.88 Å². The van der Waals surface area contributed by atoms with Crippen molar-refractivity contribution in [2.24, 2.45) is 15.9 Å². The third-order valence-electron chi connectivity index (χ3n) is 5.31. The van der Waals surface area contributed by atoms with E-state index in [0.29, 0.717) is 19.0 Å². The third kappa shape index (κ3) is 7.32. The quantitative estimate of drug-likeness (QED) is 0.224. The van der Waals surface area contributed by atoms with E-state index in [1.54, 1.807) is 18.2 Å². The molecular formula is C27H35N5OS. The first kappa shape index (κ1) is 25.7. The fourth-order valence-electron chi connectivity index (χ4n) is 3.63. The van der Waals surface area contributed by atoms with Gasteiger partial charge in [0.05, 0.1) is 6.04 Å². The molecule has 0 bridgehead atoms. The predicted molar refractivity (Wildman–Crippen MR) is 143 cm³/mol. The van der Waals surface area contributed by atoms with Crippen LogP contribution in [-0.4, -0.2) is 40.4 Å². The van der Waals surface area contributed by atoms with Gasteiger partial charge in [-0.15, -0.1) is 0 Å². The predicted octanol–water partition coefficient (Wildman–Crippen LogP) is 5.80. The average molecular weight is 478 g/mol. The van der Waals surface area contributed by atoms with Crippen molar-refractivity contribution in [2.45, 2.75) is 50.6 Å². The maximum absolute atomic E-state index is 5.90. The molecular weight excluding hydrogens is 442 g/mol. The largest absolute Gasteiger partial charge is 0.337 e. The number of rotatable bonds is 13. The second kappa shape index (κ2) is 13.7. The van der Waals surface area contributed by atoms with Gasteiger partial charge in [0.2, 0.25) is 0 Å². The highest BCUT2D eigenvalue weighted by Gasteiger charge is 2.31. The number of benzene rings is 2. The zero-order valence-corrected chi connectivity index (χ0v) is 21.0. The summed E-state index contributed by atoms with van der Waals surface area (Å²) in [5, 5.41) is 4.04. The van der Waals surface area contributed by atoms with E-state index in [2.05, 4.69) is 76.4 Å². The molecule has 6 nitrogen and oxygen atoms in total. The van der Waals surface area contributed by atoms with E-state index in [9.17, 15) is 0 Å². The summed E-state index contributed by atoms with van der Waals surface area (Å²) in [6.07, 6.45) is 6.13. The molecule has 1 heterocycles. The van der Waals surface area contributed by atoms with Crippen LogP contribution in [0.3, 0.4) is 0 Å². The SMILES string of the molecule is C=C1C=C(O/N=C\CC)N=C(C(CC)N(CCCN)Sc2ccccc2)N1Cc1ccccc1. The number of amidine groups is 1. The van der Waals surface area contributed by atoms with Crippen LogP contribution in [0.5, 0.6) is 0 Å². The molecule has 0 spiro atoms. The van der Waals surface area contributed by atoms with Crippen molar-refractivity contribution in [1.29, 1.82) is 0 Å². The Balaban J connectivity index is 1.96. The summed E-state index contributed by atoms with van der Waals surface area (Å²) < 4.78 is 2.38. The molecule has 180 valence electrons. The first-order chi connectivity index (χ1) is 16.7. The number of hydrogen-bond donors (Lipinski definition) is 1. The van der Waals surface area contributed by atoms with E-state index in [0.717, 1.165) is 37.3 Å². The van der Waals surface area contributed by atoms with Crippen molar-refractivity contribution in [2.75, 3.05) is 13.1 Å². The van der Waals surface area contributed by atoms with Gasteiger partial charge in [-0.1, -0.05) is 74.1 Å². The Labute approximate surface area is 208 Å². The Kier molecular flexibility index (Phi) is 10.4. The van der Waals surface area contributed by atoms with Gasteiger partial charge in [-0.2, -0.15) is 4.99 Å².